The van der Waals surface area contributed by atoms with Crippen LogP contribution in [0.5, 0.6) is 0 Å². The summed E-state index contributed by atoms with van der Waals surface area (Å²) >= 11 is 1.42. The number of aromatic nitrogens is 6. The molecule has 1 aromatic carbocycles. The number of anilines is 3. The molecule has 0 spiro atoms. The molecule has 4 heterocycles. The zero-order valence-electron chi connectivity index (χ0n) is 18.9. The smallest absolute Gasteiger partial charge is 0.216 e. The van der Waals surface area contributed by atoms with E-state index in [1.807, 2.05) is 42.5 Å². The maximum absolute atomic E-state index is 9.03. The second-order valence-electron chi connectivity index (χ2n) is 7.76. The van der Waals surface area contributed by atoms with Crippen LogP contribution in [-0.2, 0) is 11.3 Å². The number of nitrogens with zero attached hydrogens (tertiary/aromatic N) is 7. The van der Waals surface area contributed by atoms with Crippen molar-refractivity contribution in [1.82, 2.24) is 35.1 Å². The second kappa shape index (κ2) is 11.1. The number of hydrogen-bond acceptors (Lipinski definition) is 11. The first-order chi connectivity index (χ1) is 17.3. The molecule has 1 fully saturated rings. The van der Waals surface area contributed by atoms with E-state index >= 15 is 0 Å². The fourth-order valence-electron chi connectivity index (χ4n) is 3.56. The third-order valence-corrected chi connectivity index (χ3v) is 6.12. The molecule has 0 saturated carbocycles. The van der Waals surface area contributed by atoms with Crippen molar-refractivity contribution in [3.8, 4) is 16.4 Å². The van der Waals surface area contributed by atoms with E-state index in [9.17, 15) is 0 Å². The normalized spacial score (nSPS) is 14.4. The Morgan fingerprint density at radius 1 is 1.11 bits per heavy atom. The Balaban J connectivity index is 1.33. The van der Waals surface area contributed by atoms with E-state index < -0.39 is 0 Å². The number of aliphatic hydroxyl groups is 1. The molecule has 5 rings (SSSR count). The monoisotopic (exact) mass is 491 g/mol. The lowest BCUT2D eigenvalue weighted by molar-refractivity contribution is 0.0342. The average Bonchev–Trinajstić information content (AvgIpc) is 3.55. The average molecular weight is 492 g/mol. The van der Waals surface area contributed by atoms with E-state index in [-0.39, 0.29) is 6.61 Å². The van der Waals surface area contributed by atoms with Crippen LogP contribution in [0.3, 0.4) is 0 Å². The largest absolute Gasteiger partial charge is 0.392 e. The lowest BCUT2D eigenvalue weighted by Crippen LogP contribution is -2.35. The highest BCUT2D eigenvalue weighted by molar-refractivity contribution is 7.18. The predicted octanol–water partition coefficient (Wildman–Crippen LogP) is 2.67. The van der Waals surface area contributed by atoms with Gasteiger partial charge in [0.25, 0.3) is 0 Å². The summed E-state index contributed by atoms with van der Waals surface area (Å²) in [5, 5.41) is 28.9. The van der Waals surface area contributed by atoms with Crippen LogP contribution in [0.25, 0.3) is 16.4 Å². The third kappa shape index (κ3) is 6.05. The number of benzene rings is 1. The van der Waals surface area contributed by atoms with E-state index in [1.54, 1.807) is 18.5 Å². The van der Waals surface area contributed by atoms with Crippen LogP contribution in [0.4, 0.5) is 16.8 Å². The number of para-hydroxylation sites is 1. The molecular formula is C23H25N9O2S. The number of tetrazole rings is 1. The first-order valence-electron chi connectivity index (χ1n) is 11.2. The minimum absolute atomic E-state index is 0.0452. The molecule has 3 aromatic heterocycles. The zero-order chi connectivity index (χ0) is 23.9. The highest BCUT2D eigenvalue weighted by Crippen LogP contribution is 2.29. The number of rotatable bonds is 9. The number of thiazole rings is 1. The van der Waals surface area contributed by atoms with Crippen LogP contribution >= 0.6 is 11.3 Å². The van der Waals surface area contributed by atoms with Gasteiger partial charge in [0.15, 0.2) is 5.13 Å². The van der Waals surface area contributed by atoms with Crippen molar-refractivity contribution in [1.29, 1.82) is 0 Å². The standard InChI is InChI=1S/C23H25N9O2S/c33-10-4-7-24-20-13-17(16-31-8-11-34-12-9-31)14-21(26-20)27-23-25-15-19(35-23)22-28-30-32(29-22)18-5-2-1-3-6-18/h1-7,13-15,33H,8-12,16H2,(H2,24,25,26,27)/b7-4+. The Morgan fingerprint density at radius 2 is 1.94 bits per heavy atom. The maximum Gasteiger partial charge on any atom is 0.216 e. The van der Waals surface area contributed by atoms with E-state index in [4.69, 9.17) is 9.84 Å². The lowest BCUT2D eigenvalue weighted by atomic mass is 10.2. The van der Waals surface area contributed by atoms with Crippen molar-refractivity contribution in [2.45, 2.75) is 6.54 Å². The molecule has 1 saturated heterocycles. The van der Waals surface area contributed by atoms with Crippen molar-refractivity contribution in [2.24, 2.45) is 0 Å². The Kier molecular flexibility index (Phi) is 7.34. The van der Waals surface area contributed by atoms with Crippen LogP contribution in [-0.4, -0.2) is 73.1 Å². The number of pyridine rings is 1. The molecule has 0 bridgehead atoms. The molecule has 0 amide bonds. The Hall–Kier alpha value is -3.71. The Morgan fingerprint density at radius 3 is 2.77 bits per heavy atom. The molecule has 3 N–H and O–H groups in total. The molecule has 11 nitrogen and oxygen atoms in total. The molecule has 1 aliphatic heterocycles. The van der Waals surface area contributed by atoms with Gasteiger partial charge in [0.2, 0.25) is 5.82 Å². The van der Waals surface area contributed by atoms with E-state index in [1.165, 1.54) is 16.1 Å². The van der Waals surface area contributed by atoms with Gasteiger partial charge in [0.1, 0.15) is 11.6 Å². The molecule has 0 aliphatic carbocycles. The highest BCUT2D eigenvalue weighted by Gasteiger charge is 2.14. The summed E-state index contributed by atoms with van der Waals surface area (Å²) in [5.41, 5.74) is 1.94. The number of hydrogen-bond donors (Lipinski definition) is 3. The molecule has 0 unspecified atom stereocenters. The molecule has 4 aromatic rings. The molecule has 1 aliphatic rings. The topological polar surface area (TPSA) is 126 Å². The predicted molar refractivity (Wildman–Crippen MR) is 134 cm³/mol. The van der Waals surface area contributed by atoms with Gasteiger partial charge in [0.05, 0.1) is 36.6 Å². The van der Waals surface area contributed by atoms with Crippen molar-refractivity contribution in [3.05, 3.63) is 66.5 Å². The Labute approximate surface area is 206 Å². The number of morpholine rings is 1. The van der Waals surface area contributed by atoms with Gasteiger partial charge in [-0.3, -0.25) is 4.90 Å². The zero-order valence-corrected chi connectivity index (χ0v) is 19.7. The van der Waals surface area contributed by atoms with Crippen molar-refractivity contribution >= 4 is 28.1 Å². The molecule has 0 atom stereocenters. The first-order valence-corrected chi connectivity index (χ1v) is 12.0. The van der Waals surface area contributed by atoms with Crippen LogP contribution in [0.2, 0.25) is 0 Å². The van der Waals surface area contributed by atoms with Gasteiger partial charge in [-0.2, -0.15) is 0 Å². The Bertz CT molecular complexity index is 1270. The van der Waals surface area contributed by atoms with E-state index in [2.05, 4.69) is 40.9 Å². The van der Waals surface area contributed by atoms with E-state index in [0.29, 0.717) is 22.6 Å². The highest BCUT2D eigenvalue weighted by atomic mass is 32.1. The van der Waals surface area contributed by atoms with Gasteiger partial charge in [-0.05, 0) is 41.1 Å². The summed E-state index contributed by atoms with van der Waals surface area (Å²) in [7, 11) is 0. The number of ether oxygens (including phenoxy) is 1. The summed E-state index contributed by atoms with van der Waals surface area (Å²) in [4.78, 5) is 13.8. The van der Waals surface area contributed by atoms with Gasteiger partial charge in [-0.15, -0.1) is 15.0 Å². The summed E-state index contributed by atoms with van der Waals surface area (Å²) < 4.78 is 5.46. The van der Waals surface area contributed by atoms with Gasteiger partial charge >= 0.3 is 0 Å². The van der Waals surface area contributed by atoms with Gasteiger partial charge in [0, 0.05) is 25.8 Å². The number of nitrogens with one attached hydrogen (secondary N) is 2. The molecule has 180 valence electrons. The third-order valence-electron chi connectivity index (χ3n) is 5.21. The second-order valence-corrected chi connectivity index (χ2v) is 8.79. The summed E-state index contributed by atoms with van der Waals surface area (Å²) in [6.07, 6.45) is 5.01. The van der Waals surface area contributed by atoms with Crippen LogP contribution in [0.15, 0.2) is 60.9 Å². The van der Waals surface area contributed by atoms with Gasteiger partial charge in [-0.25, -0.2) is 9.97 Å². The van der Waals surface area contributed by atoms with Gasteiger partial charge < -0.3 is 20.5 Å². The van der Waals surface area contributed by atoms with Crippen LogP contribution in [0.1, 0.15) is 5.56 Å². The SMILES string of the molecule is OC/C=C/Nc1cc(CN2CCOCC2)cc(Nc2ncc(-c3nnn(-c4ccccc4)n3)s2)n1. The fourth-order valence-corrected chi connectivity index (χ4v) is 4.31. The summed E-state index contributed by atoms with van der Waals surface area (Å²) in [5.74, 6) is 1.84. The molecule has 12 heteroatoms. The number of aliphatic hydroxyl groups excluding tert-OH is 1. The molecule has 0 radical (unpaired) electrons. The van der Waals surface area contributed by atoms with E-state index in [0.717, 1.165) is 49.0 Å². The quantitative estimate of drug-likeness (QED) is 0.322. The first kappa shape index (κ1) is 23.1. The minimum atomic E-state index is -0.0452. The van der Waals surface area contributed by atoms with Crippen molar-refractivity contribution in [3.63, 3.8) is 0 Å². The maximum atomic E-state index is 9.03. The molecule has 35 heavy (non-hydrogen) atoms. The summed E-state index contributed by atoms with van der Waals surface area (Å²) in [6.45, 7) is 4.01. The summed E-state index contributed by atoms with van der Waals surface area (Å²) in [6, 6.07) is 13.6. The lowest BCUT2D eigenvalue weighted by Gasteiger charge is -2.26. The van der Waals surface area contributed by atoms with Gasteiger partial charge in [-0.1, -0.05) is 29.5 Å². The van der Waals surface area contributed by atoms with Crippen molar-refractivity contribution in [2.75, 3.05) is 43.5 Å². The fraction of sp³-hybridized carbons (Fsp3) is 0.261. The molecular weight excluding hydrogens is 466 g/mol. The van der Waals surface area contributed by atoms with Crippen LogP contribution in [0, 0.1) is 0 Å². The van der Waals surface area contributed by atoms with Crippen molar-refractivity contribution < 1.29 is 9.84 Å². The van der Waals surface area contributed by atoms with Crippen LogP contribution < -0.4 is 10.6 Å². The minimum Gasteiger partial charge on any atom is -0.392 e.